The maximum Gasteiger partial charge on any atom is 0.340 e. The molecule has 1 aromatic heterocycles. The Bertz CT molecular complexity index is 354. The van der Waals surface area contributed by atoms with E-state index in [9.17, 15) is 13.6 Å². The van der Waals surface area contributed by atoms with Gasteiger partial charge in [-0.3, -0.25) is 4.98 Å². The van der Waals surface area contributed by atoms with Crippen molar-refractivity contribution in [1.29, 1.82) is 0 Å². The second kappa shape index (κ2) is 3.99. The highest BCUT2D eigenvalue weighted by atomic mass is 19.3. The van der Waals surface area contributed by atoms with Crippen molar-refractivity contribution in [3.63, 3.8) is 0 Å². The first-order valence-corrected chi connectivity index (χ1v) is 3.61. The van der Waals surface area contributed by atoms with Crippen LogP contribution < -0.4 is 0 Å². The molecule has 0 amide bonds. The molecule has 0 aliphatic carbocycles. The van der Waals surface area contributed by atoms with Crippen LogP contribution in [0.4, 0.5) is 8.78 Å². The van der Waals surface area contributed by atoms with Gasteiger partial charge in [0.2, 0.25) is 0 Å². The summed E-state index contributed by atoms with van der Waals surface area (Å²) in [5.41, 5.74) is -1.13. The van der Waals surface area contributed by atoms with Crippen molar-refractivity contribution in [2.75, 3.05) is 7.11 Å². The SMILES string of the molecule is COC(=O)c1cc(O)cnc1C(F)F. The van der Waals surface area contributed by atoms with Gasteiger partial charge in [-0.15, -0.1) is 0 Å². The number of hydrogen-bond acceptors (Lipinski definition) is 4. The number of methoxy groups -OCH3 is 1. The Morgan fingerprint density at radius 3 is 2.79 bits per heavy atom. The number of carbonyl (C=O) groups excluding carboxylic acids is 1. The third-order valence-corrected chi connectivity index (χ3v) is 1.52. The molecule has 0 aliphatic rings. The van der Waals surface area contributed by atoms with E-state index >= 15 is 0 Å². The predicted octanol–water partition coefficient (Wildman–Crippen LogP) is 1.51. The zero-order valence-corrected chi connectivity index (χ0v) is 7.20. The van der Waals surface area contributed by atoms with Crippen molar-refractivity contribution in [3.8, 4) is 5.75 Å². The van der Waals surface area contributed by atoms with Crippen LogP contribution in [0, 0.1) is 0 Å². The summed E-state index contributed by atoms with van der Waals surface area (Å²) in [6.07, 6.45) is -2.04. The van der Waals surface area contributed by atoms with Crippen LogP contribution in [0.1, 0.15) is 22.5 Å². The highest BCUT2D eigenvalue weighted by Gasteiger charge is 2.20. The van der Waals surface area contributed by atoms with E-state index in [-0.39, 0.29) is 5.75 Å². The van der Waals surface area contributed by atoms with Crippen LogP contribution in [-0.2, 0) is 4.74 Å². The first-order chi connectivity index (χ1) is 6.56. The van der Waals surface area contributed by atoms with Gasteiger partial charge in [0.1, 0.15) is 11.4 Å². The number of aromatic hydroxyl groups is 1. The van der Waals surface area contributed by atoms with E-state index in [0.29, 0.717) is 0 Å². The second-order valence-corrected chi connectivity index (χ2v) is 2.42. The molecule has 1 heterocycles. The van der Waals surface area contributed by atoms with Gasteiger partial charge in [0.15, 0.2) is 0 Å². The lowest BCUT2D eigenvalue weighted by Gasteiger charge is -2.05. The topological polar surface area (TPSA) is 59.4 Å². The molecular weight excluding hydrogens is 196 g/mol. The van der Waals surface area contributed by atoms with Gasteiger partial charge in [0.05, 0.1) is 18.9 Å². The number of rotatable bonds is 2. The monoisotopic (exact) mass is 203 g/mol. The molecule has 0 unspecified atom stereocenters. The fraction of sp³-hybridized carbons (Fsp3) is 0.250. The summed E-state index contributed by atoms with van der Waals surface area (Å²) >= 11 is 0. The average molecular weight is 203 g/mol. The molecule has 0 atom stereocenters. The van der Waals surface area contributed by atoms with E-state index in [1.807, 2.05) is 0 Å². The molecule has 0 radical (unpaired) electrons. The highest BCUT2D eigenvalue weighted by Crippen LogP contribution is 2.23. The third-order valence-electron chi connectivity index (χ3n) is 1.52. The van der Waals surface area contributed by atoms with Gasteiger partial charge in [-0.25, -0.2) is 13.6 Å². The van der Waals surface area contributed by atoms with E-state index in [1.165, 1.54) is 0 Å². The smallest absolute Gasteiger partial charge is 0.340 e. The van der Waals surface area contributed by atoms with E-state index in [4.69, 9.17) is 5.11 Å². The molecule has 1 rings (SSSR count). The minimum atomic E-state index is -2.88. The summed E-state index contributed by atoms with van der Waals surface area (Å²) in [4.78, 5) is 14.2. The molecule has 0 saturated heterocycles. The molecule has 0 fully saturated rings. The molecule has 1 N–H and O–H groups in total. The van der Waals surface area contributed by atoms with Gasteiger partial charge < -0.3 is 9.84 Å². The largest absolute Gasteiger partial charge is 0.506 e. The molecule has 4 nitrogen and oxygen atoms in total. The normalized spacial score (nSPS) is 10.3. The quantitative estimate of drug-likeness (QED) is 0.740. The number of ether oxygens (including phenoxy) is 1. The number of carbonyl (C=O) groups is 1. The Morgan fingerprint density at radius 1 is 1.64 bits per heavy atom. The number of aromatic nitrogens is 1. The lowest BCUT2D eigenvalue weighted by atomic mass is 10.2. The van der Waals surface area contributed by atoms with Crippen molar-refractivity contribution in [1.82, 2.24) is 4.98 Å². The van der Waals surface area contributed by atoms with Gasteiger partial charge >= 0.3 is 5.97 Å². The average Bonchev–Trinajstić information content (AvgIpc) is 2.16. The Balaban J connectivity index is 3.22. The molecule has 14 heavy (non-hydrogen) atoms. The first-order valence-electron chi connectivity index (χ1n) is 3.61. The molecule has 1 aromatic rings. The van der Waals surface area contributed by atoms with Crippen molar-refractivity contribution in [3.05, 3.63) is 23.5 Å². The second-order valence-electron chi connectivity index (χ2n) is 2.42. The Kier molecular flexibility index (Phi) is 2.95. The summed E-state index contributed by atoms with van der Waals surface area (Å²) in [7, 11) is 1.06. The lowest BCUT2D eigenvalue weighted by molar-refractivity contribution is 0.0586. The fourth-order valence-corrected chi connectivity index (χ4v) is 0.912. The van der Waals surface area contributed by atoms with Crippen LogP contribution in [0.2, 0.25) is 0 Å². The molecule has 0 saturated carbocycles. The molecular formula is C8H7F2NO3. The highest BCUT2D eigenvalue weighted by molar-refractivity contribution is 5.91. The van der Waals surface area contributed by atoms with Crippen LogP contribution >= 0.6 is 0 Å². The molecule has 0 aliphatic heterocycles. The third kappa shape index (κ3) is 1.95. The van der Waals surface area contributed by atoms with Crippen molar-refractivity contribution in [2.24, 2.45) is 0 Å². The summed E-state index contributed by atoms with van der Waals surface area (Å²) < 4.78 is 28.9. The van der Waals surface area contributed by atoms with E-state index in [2.05, 4.69) is 9.72 Å². The van der Waals surface area contributed by atoms with Crippen molar-refractivity contribution in [2.45, 2.75) is 6.43 Å². The van der Waals surface area contributed by atoms with Gasteiger partial charge in [0, 0.05) is 0 Å². The van der Waals surface area contributed by atoms with Crippen molar-refractivity contribution < 1.29 is 23.4 Å². The van der Waals surface area contributed by atoms with Crippen LogP contribution in [0.5, 0.6) is 5.75 Å². The van der Waals surface area contributed by atoms with Gasteiger partial charge in [-0.05, 0) is 6.07 Å². The van der Waals surface area contributed by atoms with Crippen molar-refractivity contribution >= 4 is 5.97 Å². The van der Waals surface area contributed by atoms with E-state index < -0.39 is 23.7 Å². The number of esters is 1. The number of nitrogens with zero attached hydrogens (tertiary/aromatic N) is 1. The number of pyridine rings is 1. The molecule has 76 valence electrons. The molecule has 0 aromatic carbocycles. The lowest BCUT2D eigenvalue weighted by Crippen LogP contribution is -2.07. The summed E-state index contributed by atoms with van der Waals surface area (Å²) in [5.74, 6) is -1.32. The minimum absolute atomic E-state index is 0.366. The first kappa shape index (κ1) is 10.4. The van der Waals surface area contributed by atoms with Crippen LogP contribution in [0.15, 0.2) is 12.3 Å². The maximum atomic E-state index is 12.3. The summed E-state index contributed by atoms with van der Waals surface area (Å²) in [6, 6.07) is 0.889. The minimum Gasteiger partial charge on any atom is -0.506 e. The summed E-state index contributed by atoms with van der Waals surface area (Å²) in [6.45, 7) is 0. The standard InChI is InChI=1S/C8H7F2NO3/c1-14-8(13)5-2-4(12)3-11-6(5)7(9)10/h2-3,7,12H,1H3. The molecule has 0 bridgehead atoms. The maximum absolute atomic E-state index is 12.3. The van der Waals surface area contributed by atoms with Gasteiger partial charge in [0.25, 0.3) is 6.43 Å². The zero-order chi connectivity index (χ0) is 10.7. The number of halogens is 2. The van der Waals surface area contributed by atoms with Crippen LogP contribution in [0.25, 0.3) is 0 Å². The van der Waals surface area contributed by atoms with E-state index in [0.717, 1.165) is 19.4 Å². The molecule has 0 spiro atoms. The number of hydrogen-bond donors (Lipinski definition) is 1. The van der Waals surface area contributed by atoms with Gasteiger partial charge in [-0.1, -0.05) is 0 Å². The zero-order valence-electron chi connectivity index (χ0n) is 7.20. The molecule has 6 heteroatoms. The fourth-order valence-electron chi connectivity index (χ4n) is 0.912. The Hall–Kier alpha value is -1.72. The predicted molar refractivity (Wildman–Crippen MR) is 42.2 cm³/mol. The van der Waals surface area contributed by atoms with E-state index in [1.54, 1.807) is 0 Å². The Morgan fingerprint density at radius 2 is 2.29 bits per heavy atom. The Labute approximate surface area is 78.1 Å². The van der Waals surface area contributed by atoms with Crippen LogP contribution in [-0.4, -0.2) is 23.2 Å². The van der Waals surface area contributed by atoms with Crippen LogP contribution in [0.3, 0.4) is 0 Å². The summed E-state index contributed by atoms with van der Waals surface area (Å²) in [5, 5.41) is 8.95. The van der Waals surface area contributed by atoms with Gasteiger partial charge in [-0.2, -0.15) is 0 Å². The number of alkyl halides is 2.